The first-order valence-corrected chi connectivity index (χ1v) is 11.4. The van der Waals surface area contributed by atoms with E-state index in [0.29, 0.717) is 31.3 Å². The molecule has 1 aliphatic carbocycles. The van der Waals surface area contributed by atoms with Crippen LogP contribution in [0, 0.1) is 17.8 Å². The van der Waals surface area contributed by atoms with Crippen LogP contribution in [0.1, 0.15) is 44.2 Å². The molecule has 6 heteroatoms. The normalized spacial score (nSPS) is 30.0. The molecule has 0 N–H and O–H groups in total. The van der Waals surface area contributed by atoms with E-state index >= 15 is 0 Å². The number of nitrogens with zero attached hydrogens (tertiary/aromatic N) is 2. The average Bonchev–Trinajstić information content (AvgIpc) is 3.30. The van der Waals surface area contributed by atoms with Crippen LogP contribution in [0.2, 0.25) is 0 Å². The van der Waals surface area contributed by atoms with Crippen LogP contribution in [0.4, 0.5) is 0 Å². The SMILES string of the molecule is CC(=O)N1C[C@H]2CN(S(=O)(=O)CC3CCCC3)C[C@H]2[C@@H]1c1ccccc1. The second-order valence-electron chi connectivity index (χ2n) is 8.20. The van der Waals surface area contributed by atoms with Crippen LogP contribution in [0.3, 0.4) is 0 Å². The highest BCUT2D eigenvalue weighted by Gasteiger charge is 2.50. The van der Waals surface area contributed by atoms with Crippen molar-refractivity contribution >= 4 is 15.9 Å². The lowest BCUT2D eigenvalue weighted by Gasteiger charge is -2.29. The molecule has 26 heavy (non-hydrogen) atoms. The summed E-state index contributed by atoms with van der Waals surface area (Å²) < 4.78 is 27.6. The van der Waals surface area contributed by atoms with E-state index in [9.17, 15) is 13.2 Å². The minimum atomic E-state index is -3.20. The van der Waals surface area contributed by atoms with Gasteiger partial charge in [0.1, 0.15) is 0 Å². The highest BCUT2D eigenvalue weighted by Crippen LogP contribution is 2.45. The number of benzene rings is 1. The number of rotatable bonds is 4. The summed E-state index contributed by atoms with van der Waals surface area (Å²) in [6.07, 6.45) is 4.42. The Morgan fingerprint density at radius 2 is 1.77 bits per heavy atom. The minimum absolute atomic E-state index is 0.00891. The van der Waals surface area contributed by atoms with E-state index in [-0.39, 0.29) is 23.8 Å². The van der Waals surface area contributed by atoms with E-state index in [0.717, 1.165) is 31.2 Å². The molecule has 2 saturated heterocycles. The summed E-state index contributed by atoms with van der Waals surface area (Å²) in [5.41, 5.74) is 1.12. The van der Waals surface area contributed by atoms with Gasteiger partial charge in [-0.15, -0.1) is 0 Å². The number of amides is 1. The Bertz CT molecular complexity index is 759. The zero-order valence-corrected chi connectivity index (χ0v) is 16.2. The number of carbonyl (C=O) groups excluding carboxylic acids is 1. The van der Waals surface area contributed by atoms with E-state index in [4.69, 9.17) is 0 Å². The van der Waals surface area contributed by atoms with E-state index in [1.165, 1.54) is 0 Å². The van der Waals surface area contributed by atoms with Crippen LogP contribution >= 0.6 is 0 Å². The summed E-state index contributed by atoms with van der Waals surface area (Å²) in [6.45, 7) is 3.39. The van der Waals surface area contributed by atoms with Crippen molar-refractivity contribution in [2.75, 3.05) is 25.4 Å². The first-order chi connectivity index (χ1) is 12.5. The van der Waals surface area contributed by atoms with Gasteiger partial charge in [-0.2, -0.15) is 0 Å². The van der Waals surface area contributed by atoms with Crippen molar-refractivity contribution in [2.24, 2.45) is 17.8 Å². The lowest BCUT2D eigenvalue weighted by atomic mass is 9.89. The van der Waals surface area contributed by atoms with E-state index in [1.807, 2.05) is 23.1 Å². The van der Waals surface area contributed by atoms with Gasteiger partial charge in [0.05, 0.1) is 11.8 Å². The maximum Gasteiger partial charge on any atom is 0.219 e. The Labute approximate surface area is 156 Å². The molecule has 1 aromatic rings. The third-order valence-corrected chi connectivity index (χ3v) is 8.47. The number of carbonyl (C=O) groups is 1. The molecule has 1 amide bonds. The maximum atomic E-state index is 12.9. The van der Waals surface area contributed by atoms with E-state index in [1.54, 1.807) is 11.2 Å². The summed E-state index contributed by atoms with van der Waals surface area (Å²) >= 11 is 0. The predicted octanol–water partition coefficient (Wildman–Crippen LogP) is 2.66. The maximum absolute atomic E-state index is 12.9. The number of hydrogen-bond donors (Lipinski definition) is 0. The monoisotopic (exact) mass is 376 g/mol. The van der Waals surface area contributed by atoms with Gasteiger partial charge in [0.25, 0.3) is 0 Å². The topological polar surface area (TPSA) is 57.7 Å². The molecule has 3 fully saturated rings. The van der Waals surface area contributed by atoms with Gasteiger partial charge in [-0.1, -0.05) is 43.2 Å². The summed E-state index contributed by atoms with van der Waals surface area (Å²) in [4.78, 5) is 14.1. The van der Waals surface area contributed by atoms with Crippen LogP contribution in [-0.2, 0) is 14.8 Å². The molecule has 1 saturated carbocycles. The molecule has 0 unspecified atom stereocenters. The fourth-order valence-electron chi connectivity index (χ4n) is 5.21. The number of fused-ring (bicyclic) bond motifs is 1. The highest BCUT2D eigenvalue weighted by atomic mass is 32.2. The van der Waals surface area contributed by atoms with Crippen molar-refractivity contribution in [2.45, 2.75) is 38.6 Å². The molecule has 142 valence electrons. The van der Waals surface area contributed by atoms with Crippen LogP contribution in [-0.4, -0.2) is 48.9 Å². The summed E-state index contributed by atoms with van der Waals surface area (Å²) in [5.74, 6) is 1.15. The van der Waals surface area contributed by atoms with Gasteiger partial charge in [0.15, 0.2) is 0 Å². The lowest BCUT2D eigenvalue weighted by Crippen LogP contribution is -2.38. The van der Waals surface area contributed by atoms with Gasteiger partial charge >= 0.3 is 0 Å². The zero-order valence-electron chi connectivity index (χ0n) is 15.4. The standard InChI is InChI=1S/C20H28N2O3S/c1-15(23)22-12-18-11-21(26(24,25)14-16-7-5-6-8-16)13-19(18)20(22)17-9-3-2-4-10-17/h2-4,9-10,16,18-20H,5-8,11-14H2,1H3/t18-,19-,20+/m1/s1. The van der Waals surface area contributed by atoms with Gasteiger partial charge < -0.3 is 4.90 Å². The molecule has 2 aliphatic heterocycles. The average molecular weight is 377 g/mol. The fraction of sp³-hybridized carbons (Fsp3) is 0.650. The molecule has 3 atom stereocenters. The number of hydrogen-bond acceptors (Lipinski definition) is 3. The molecule has 2 heterocycles. The summed E-state index contributed by atoms with van der Waals surface area (Å²) in [6, 6.07) is 10.1. The predicted molar refractivity (Wildman–Crippen MR) is 101 cm³/mol. The van der Waals surface area contributed by atoms with Gasteiger partial charge in [-0.3, -0.25) is 4.79 Å². The van der Waals surface area contributed by atoms with Crippen molar-refractivity contribution in [3.05, 3.63) is 35.9 Å². The molecular weight excluding hydrogens is 348 g/mol. The molecule has 1 aromatic carbocycles. The van der Waals surface area contributed by atoms with Crippen LogP contribution in [0.25, 0.3) is 0 Å². The van der Waals surface area contributed by atoms with Gasteiger partial charge in [-0.25, -0.2) is 12.7 Å². The largest absolute Gasteiger partial charge is 0.335 e. The Morgan fingerprint density at radius 3 is 2.42 bits per heavy atom. The second-order valence-corrected chi connectivity index (χ2v) is 10.2. The molecule has 5 nitrogen and oxygen atoms in total. The fourth-order valence-corrected chi connectivity index (χ4v) is 7.17. The third-order valence-electron chi connectivity index (χ3n) is 6.49. The van der Waals surface area contributed by atoms with Crippen molar-refractivity contribution in [1.29, 1.82) is 0 Å². The van der Waals surface area contributed by atoms with Crippen LogP contribution in [0.15, 0.2) is 30.3 Å². The smallest absolute Gasteiger partial charge is 0.219 e. The number of likely N-dealkylation sites (tertiary alicyclic amines) is 1. The van der Waals surface area contributed by atoms with E-state index < -0.39 is 10.0 Å². The van der Waals surface area contributed by atoms with Crippen molar-refractivity contribution in [3.63, 3.8) is 0 Å². The zero-order chi connectivity index (χ0) is 18.3. The van der Waals surface area contributed by atoms with Gasteiger partial charge in [0, 0.05) is 32.5 Å². The van der Waals surface area contributed by atoms with Gasteiger partial charge in [-0.05, 0) is 30.2 Å². The molecule has 0 radical (unpaired) electrons. The number of sulfonamides is 1. The molecule has 0 spiro atoms. The van der Waals surface area contributed by atoms with Gasteiger partial charge in [0.2, 0.25) is 15.9 Å². The Hall–Kier alpha value is -1.40. The molecule has 3 aliphatic rings. The highest BCUT2D eigenvalue weighted by molar-refractivity contribution is 7.89. The summed E-state index contributed by atoms with van der Waals surface area (Å²) in [5, 5.41) is 0. The Balaban J connectivity index is 1.54. The van der Waals surface area contributed by atoms with E-state index in [2.05, 4.69) is 12.1 Å². The van der Waals surface area contributed by atoms with Crippen molar-refractivity contribution < 1.29 is 13.2 Å². The molecule has 0 aromatic heterocycles. The van der Waals surface area contributed by atoms with Crippen molar-refractivity contribution in [1.82, 2.24) is 9.21 Å². The Morgan fingerprint density at radius 1 is 1.08 bits per heavy atom. The first kappa shape index (κ1) is 18.0. The molecule has 4 rings (SSSR count). The second kappa shape index (κ2) is 6.97. The van der Waals surface area contributed by atoms with Crippen molar-refractivity contribution in [3.8, 4) is 0 Å². The first-order valence-electron chi connectivity index (χ1n) is 9.75. The third kappa shape index (κ3) is 3.29. The lowest BCUT2D eigenvalue weighted by molar-refractivity contribution is -0.130. The quantitative estimate of drug-likeness (QED) is 0.812. The molecular formula is C20H28N2O3S. The van der Waals surface area contributed by atoms with Crippen LogP contribution in [0.5, 0.6) is 0 Å². The minimum Gasteiger partial charge on any atom is -0.335 e. The Kier molecular flexibility index (Phi) is 4.82. The molecule has 0 bridgehead atoms. The summed E-state index contributed by atoms with van der Waals surface area (Å²) in [7, 11) is -3.20. The van der Waals surface area contributed by atoms with Crippen LogP contribution < -0.4 is 0 Å².